The lowest BCUT2D eigenvalue weighted by molar-refractivity contribution is 0.102. The molecule has 1 amide bonds. The van der Waals surface area contributed by atoms with Crippen LogP contribution in [0, 0.1) is 11.6 Å². The van der Waals surface area contributed by atoms with Gasteiger partial charge >= 0.3 is 0 Å². The Hall–Kier alpha value is -2.32. The fourth-order valence-electron chi connectivity index (χ4n) is 2.05. The van der Waals surface area contributed by atoms with Crippen molar-refractivity contribution in [3.8, 4) is 0 Å². The zero-order chi connectivity index (χ0) is 18.8. The van der Waals surface area contributed by atoms with Gasteiger partial charge in [-0.1, -0.05) is 6.07 Å². The lowest BCUT2D eigenvalue weighted by atomic mass is 10.1. The van der Waals surface area contributed by atoms with Gasteiger partial charge < -0.3 is 5.32 Å². The molecule has 8 heteroatoms. The normalized spacial score (nSPS) is 12.0. The van der Waals surface area contributed by atoms with Crippen LogP contribution in [0.3, 0.4) is 0 Å². The Balaban J connectivity index is 2.27. The minimum Gasteiger partial charge on any atom is -0.319 e. The molecule has 0 aromatic heterocycles. The maximum Gasteiger partial charge on any atom is 0.255 e. The first-order valence-electron chi connectivity index (χ1n) is 7.38. The van der Waals surface area contributed by atoms with Gasteiger partial charge in [-0.15, -0.1) is 0 Å². The van der Waals surface area contributed by atoms with E-state index in [0.717, 1.165) is 12.1 Å². The second kappa shape index (κ2) is 6.89. The minimum absolute atomic E-state index is 0.0282. The molecule has 0 saturated heterocycles. The molecular weight excluding hydrogens is 350 g/mol. The van der Waals surface area contributed by atoms with E-state index in [9.17, 15) is 22.0 Å². The lowest BCUT2D eigenvalue weighted by Gasteiger charge is -2.20. The number of nitrogens with one attached hydrogen (secondary N) is 2. The van der Waals surface area contributed by atoms with Gasteiger partial charge in [-0.05, 0) is 51.1 Å². The minimum atomic E-state index is -3.81. The molecule has 2 rings (SSSR count). The molecule has 0 aliphatic rings. The Labute approximate surface area is 145 Å². The van der Waals surface area contributed by atoms with E-state index in [2.05, 4.69) is 10.0 Å². The number of carbonyl (C=O) groups excluding carboxylic acids is 1. The predicted octanol–water partition coefficient (Wildman–Crippen LogP) is 3.29. The van der Waals surface area contributed by atoms with Gasteiger partial charge in [-0.25, -0.2) is 21.9 Å². The van der Waals surface area contributed by atoms with Crippen molar-refractivity contribution in [1.29, 1.82) is 0 Å². The maximum absolute atomic E-state index is 13.6. The summed E-state index contributed by atoms with van der Waals surface area (Å²) in [4.78, 5) is 12.1. The molecule has 0 radical (unpaired) electrons. The average Bonchev–Trinajstić information content (AvgIpc) is 2.48. The number of anilines is 1. The summed E-state index contributed by atoms with van der Waals surface area (Å²) in [5.41, 5.74) is -0.859. The summed E-state index contributed by atoms with van der Waals surface area (Å²) < 4.78 is 53.7. The summed E-state index contributed by atoms with van der Waals surface area (Å²) >= 11 is 0. The summed E-state index contributed by atoms with van der Waals surface area (Å²) in [7, 11) is -3.81. The molecule has 25 heavy (non-hydrogen) atoms. The van der Waals surface area contributed by atoms with Gasteiger partial charge in [0.25, 0.3) is 5.91 Å². The average molecular weight is 368 g/mol. The van der Waals surface area contributed by atoms with E-state index >= 15 is 0 Å². The number of halogens is 2. The third kappa shape index (κ3) is 5.07. The largest absolute Gasteiger partial charge is 0.319 e. The fourth-order valence-corrected chi connectivity index (χ4v) is 3.52. The molecule has 0 aliphatic heterocycles. The van der Waals surface area contributed by atoms with E-state index in [1.165, 1.54) is 24.3 Å². The van der Waals surface area contributed by atoms with Crippen LogP contribution >= 0.6 is 0 Å². The van der Waals surface area contributed by atoms with Crippen LogP contribution in [0.4, 0.5) is 14.5 Å². The SMILES string of the molecule is CC(C)(C)NS(=O)(=O)c1cccc(C(=O)Nc2ccc(F)cc2F)c1. The highest BCUT2D eigenvalue weighted by molar-refractivity contribution is 7.89. The molecule has 0 heterocycles. The van der Waals surface area contributed by atoms with Crippen molar-refractivity contribution in [2.75, 3.05) is 5.32 Å². The molecule has 0 unspecified atom stereocenters. The Morgan fingerprint density at radius 1 is 1.04 bits per heavy atom. The zero-order valence-corrected chi connectivity index (χ0v) is 14.7. The number of sulfonamides is 1. The van der Waals surface area contributed by atoms with E-state index < -0.39 is 33.1 Å². The fraction of sp³-hybridized carbons (Fsp3) is 0.235. The molecule has 0 aliphatic carbocycles. The van der Waals surface area contributed by atoms with E-state index in [0.29, 0.717) is 6.07 Å². The molecule has 0 spiro atoms. The van der Waals surface area contributed by atoms with Crippen molar-refractivity contribution in [2.45, 2.75) is 31.2 Å². The smallest absolute Gasteiger partial charge is 0.255 e. The zero-order valence-electron chi connectivity index (χ0n) is 13.9. The maximum atomic E-state index is 13.6. The Bertz CT molecular complexity index is 906. The first-order valence-corrected chi connectivity index (χ1v) is 8.87. The van der Waals surface area contributed by atoms with Crippen molar-refractivity contribution >= 4 is 21.6 Å². The third-order valence-corrected chi connectivity index (χ3v) is 4.78. The topological polar surface area (TPSA) is 75.3 Å². The molecule has 0 bridgehead atoms. The van der Waals surface area contributed by atoms with Crippen molar-refractivity contribution in [2.24, 2.45) is 0 Å². The lowest BCUT2D eigenvalue weighted by Crippen LogP contribution is -2.40. The third-order valence-electron chi connectivity index (χ3n) is 3.03. The number of rotatable bonds is 4. The Morgan fingerprint density at radius 3 is 2.32 bits per heavy atom. The van der Waals surface area contributed by atoms with Crippen molar-refractivity contribution < 1.29 is 22.0 Å². The highest BCUT2D eigenvalue weighted by atomic mass is 32.2. The van der Waals surface area contributed by atoms with Gasteiger partial charge in [0, 0.05) is 17.2 Å². The monoisotopic (exact) mass is 368 g/mol. The van der Waals surface area contributed by atoms with Gasteiger partial charge in [0.15, 0.2) is 0 Å². The van der Waals surface area contributed by atoms with Crippen LogP contribution in [0.1, 0.15) is 31.1 Å². The number of hydrogen-bond donors (Lipinski definition) is 2. The summed E-state index contributed by atoms with van der Waals surface area (Å²) in [5.74, 6) is -2.40. The molecule has 0 saturated carbocycles. The molecule has 0 atom stereocenters. The molecule has 0 fully saturated rings. The highest BCUT2D eigenvalue weighted by Crippen LogP contribution is 2.18. The molecular formula is C17H18F2N2O3S. The van der Waals surface area contributed by atoms with E-state index in [4.69, 9.17) is 0 Å². The van der Waals surface area contributed by atoms with Crippen LogP contribution in [0.2, 0.25) is 0 Å². The summed E-state index contributed by atoms with van der Waals surface area (Å²) in [5, 5.41) is 2.28. The molecule has 5 nitrogen and oxygen atoms in total. The van der Waals surface area contributed by atoms with Gasteiger partial charge in [0.05, 0.1) is 10.6 Å². The second-order valence-electron chi connectivity index (χ2n) is 6.46. The number of hydrogen-bond acceptors (Lipinski definition) is 3. The van der Waals surface area contributed by atoms with E-state index in [1.807, 2.05) is 0 Å². The molecule has 2 N–H and O–H groups in total. The second-order valence-corrected chi connectivity index (χ2v) is 8.14. The van der Waals surface area contributed by atoms with E-state index in [-0.39, 0.29) is 16.1 Å². The molecule has 134 valence electrons. The van der Waals surface area contributed by atoms with Crippen molar-refractivity contribution in [1.82, 2.24) is 4.72 Å². The first-order chi connectivity index (χ1) is 11.5. The van der Waals surface area contributed by atoms with E-state index in [1.54, 1.807) is 20.8 Å². The Morgan fingerprint density at radius 2 is 1.72 bits per heavy atom. The van der Waals surface area contributed by atoms with Crippen LogP contribution in [-0.4, -0.2) is 19.9 Å². The highest BCUT2D eigenvalue weighted by Gasteiger charge is 2.23. The number of carbonyl (C=O) groups is 1. The van der Waals surface area contributed by atoms with Crippen LogP contribution in [-0.2, 0) is 10.0 Å². The van der Waals surface area contributed by atoms with Crippen molar-refractivity contribution in [3.63, 3.8) is 0 Å². The molecule has 2 aromatic carbocycles. The summed E-state index contributed by atoms with van der Waals surface area (Å²) in [6.45, 7) is 5.08. The standard InChI is InChI=1S/C17H18F2N2O3S/c1-17(2,3)21-25(23,24)13-6-4-5-11(9-13)16(22)20-15-8-7-12(18)10-14(15)19/h4-10,21H,1-3H3,(H,20,22). The van der Waals surface area contributed by atoms with Crippen LogP contribution in [0.15, 0.2) is 47.4 Å². The van der Waals surface area contributed by atoms with Gasteiger partial charge in [0.1, 0.15) is 11.6 Å². The van der Waals surface area contributed by atoms with Gasteiger partial charge in [-0.3, -0.25) is 4.79 Å². The van der Waals surface area contributed by atoms with Gasteiger partial charge in [0.2, 0.25) is 10.0 Å². The Kier molecular flexibility index (Phi) is 5.24. The van der Waals surface area contributed by atoms with Crippen LogP contribution in [0.25, 0.3) is 0 Å². The summed E-state index contributed by atoms with van der Waals surface area (Å²) in [6, 6.07) is 8.08. The number of benzene rings is 2. The summed E-state index contributed by atoms with van der Waals surface area (Å²) in [6.07, 6.45) is 0. The predicted molar refractivity (Wildman–Crippen MR) is 90.8 cm³/mol. The quantitative estimate of drug-likeness (QED) is 0.870. The number of amides is 1. The van der Waals surface area contributed by atoms with Crippen LogP contribution < -0.4 is 10.0 Å². The van der Waals surface area contributed by atoms with Crippen LogP contribution in [0.5, 0.6) is 0 Å². The molecule has 2 aromatic rings. The first kappa shape index (κ1) is 19.0. The van der Waals surface area contributed by atoms with Gasteiger partial charge in [-0.2, -0.15) is 0 Å². The van der Waals surface area contributed by atoms with Crippen molar-refractivity contribution in [3.05, 3.63) is 59.7 Å².